The third-order valence-electron chi connectivity index (χ3n) is 1.90. The molecule has 0 aliphatic heterocycles. The van der Waals surface area contributed by atoms with E-state index >= 15 is 0 Å². The summed E-state index contributed by atoms with van der Waals surface area (Å²) in [5, 5.41) is 2.94. The molecule has 0 bridgehead atoms. The summed E-state index contributed by atoms with van der Waals surface area (Å²) in [6.07, 6.45) is 1.19. The number of sulfone groups is 1. The molecule has 0 spiro atoms. The second kappa shape index (κ2) is 4.56. The highest BCUT2D eigenvalue weighted by Gasteiger charge is 2.11. The van der Waals surface area contributed by atoms with E-state index in [0.29, 0.717) is 11.5 Å². The fraction of sp³-hybridized carbons (Fsp3) is 0.444. The second-order valence-corrected chi connectivity index (χ2v) is 5.99. The predicted octanol–water partition coefficient (Wildman–Crippen LogP) is 0.0910. The van der Waals surface area contributed by atoms with Crippen molar-refractivity contribution in [1.29, 1.82) is 0 Å². The van der Waals surface area contributed by atoms with E-state index in [2.05, 4.69) is 10.3 Å². The quantitative estimate of drug-likeness (QED) is 0.692. The number of anilines is 3. The van der Waals surface area contributed by atoms with Crippen LogP contribution < -0.4 is 16.8 Å². The van der Waals surface area contributed by atoms with Crippen LogP contribution in [-0.2, 0) is 9.84 Å². The van der Waals surface area contributed by atoms with Crippen molar-refractivity contribution in [3.8, 4) is 0 Å². The molecule has 1 heterocycles. The van der Waals surface area contributed by atoms with Crippen LogP contribution in [0.15, 0.2) is 12.1 Å². The summed E-state index contributed by atoms with van der Waals surface area (Å²) in [5.74, 6) is 0.790. The molecule has 0 saturated carbocycles. The van der Waals surface area contributed by atoms with Gasteiger partial charge in [0.1, 0.15) is 21.5 Å². The van der Waals surface area contributed by atoms with E-state index in [1.807, 2.05) is 0 Å². The average Bonchev–Trinajstić information content (AvgIpc) is 2.08. The highest BCUT2D eigenvalue weighted by Crippen LogP contribution is 2.15. The van der Waals surface area contributed by atoms with Crippen LogP contribution >= 0.6 is 0 Å². The van der Waals surface area contributed by atoms with Gasteiger partial charge in [-0.2, -0.15) is 0 Å². The molecule has 5 N–H and O–H groups in total. The maximum absolute atomic E-state index is 11.0. The van der Waals surface area contributed by atoms with Crippen LogP contribution in [-0.4, -0.2) is 31.5 Å². The fourth-order valence-electron chi connectivity index (χ4n) is 1.31. The Labute approximate surface area is 95.0 Å². The lowest BCUT2D eigenvalue weighted by molar-refractivity contribution is 0.598. The summed E-state index contributed by atoms with van der Waals surface area (Å²) in [6, 6.07) is 3.05. The lowest BCUT2D eigenvalue weighted by atomic mass is 10.3. The highest BCUT2D eigenvalue weighted by molar-refractivity contribution is 7.90. The van der Waals surface area contributed by atoms with Gasteiger partial charge in [0.15, 0.2) is 0 Å². The van der Waals surface area contributed by atoms with Crippen LogP contribution in [0.3, 0.4) is 0 Å². The Kier molecular flexibility index (Phi) is 3.58. The first kappa shape index (κ1) is 12.6. The molecule has 0 saturated heterocycles. The summed E-state index contributed by atoms with van der Waals surface area (Å²) < 4.78 is 22.1. The van der Waals surface area contributed by atoms with Crippen LogP contribution in [0.25, 0.3) is 0 Å². The molecule has 6 nitrogen and oxygen atoms in total. The summed E-state index contributed by atoms with van der Waals surface area (Å²) in [6.45, 7) is 1.76. The molecular formula is C9H16N4O2S. The topological polar surface area (TPSA) is 111 Å². The van der Waals surface area contributed by atoms with Crippen LogP contribution in [0.5, 0.6) is 0 Å². The van der Waals surface area contributed by atoms with Crippen molar-refractivity contribution in [2.45, 2.75) is 13.0 Å². The van der Waals surface area contributed by atoms with Crippen molar-refractivity contribution >= 4 is 27.2 Å². The van der Waals surface area contributed by atoms with Crippen molar-refractivity contribution < 1.29 is 8.42 Å². The van der Waals surface area contributed by atoms with Gasteiger partial charge in [-0.25, -0.2) is 13.4 Å². The molecule has 1 unspecified atom stereocenters. The van der Waals surface area contributed by atoms with Crippen LogP contribution in [0, 0.1) is 0 Å². The number of rotatable bonds is 4. The van der Waals surface area contributed by atoms with Crippen LogP contribution in [0.4, 0.5) is 17.3 Å². The Morgan fingerprint density at radius 2 is 2.06 bits per heavy atom. The third kappa shape index (κ3) is 3.93. The number of nitrogens with one attached hydrogen (secondary N) is 1. The Hall–Kier alpha value is -1.50. The lowest BCUT2D eigenvalue weighted by Crippen LogP contribution is -2.25. The van der Waals surface area contributed by atoms with E-state index in [9.17, 15) is 8.42 Å². The van der Waals surface area contributed by atoms with Gasteiger partial charge in [-0.3, -0.25) is 0 Å². The smallest absolute Gasteiger partial charge is 0.149 e. The number of nitrogen functional groups attached to an aromatic ring is 2. The monoisotopic (exact) mass is 244 g/mol. The molecule has 1 rings (SSSR count). The van der Waals surface area contributed by atoms with Gasteiger partial charge in [0.05, 0.1) is 11.4 Å². The maximum Gasteiger partial charge on any atom is 0.149 e. The van der Waals surface area contributed by atoms with E-state index in [-0.39, 0.29) is 17.6 Å². The Morgan fingerprint density at radius 1 is 1.44 bits per heavy atom. The average molecular weight is 244 g/mol. The first-order valence-electron chi connectivity index (χ1n) is 4.74. The van der Waals surface area contributed by atoms with Gasteiger partial charge in [0, 0.05) is 12.3 Å². The van der Waals surface area contributed by atoms with Crippen LogP contribution in [0.2, 0.25) is 0 Å². The zero-order valence-electron chi connectivity index (χ0n) is 9.27. The molecule has 0 aliphatic carbocycles. The van der Waals surface area contributed by atoms with Gasteiger partial charge in [0.25, 0.3) is 0 Å². The van der Waals surface area contributed by atoms with Gasteiger partial charge in [-0.1, -0.05) is 0 Å². The number of aromatic nitrogens is 1. The van der Waals surface area contributed by atoms with Gasteiger partial charge < -0.3 is 16.8 Å². The standard InChI is InChI=1S/C9H16N4O2S/c1-6(5-16(2,14)15)12-8-4-3-7(10)9(11)13-8/h3-4,6H,5,10H2,1-2H3,(H3,11,12,13). The largest absolute Gasteiger partial charge is 0.396 e. The van der Waals surface area contributed by atoms with E-state index < -0.39 is 9.84 Å². The van der Waals surface area contributed by atoms with Crippen LogP contribution in [0.1, 0.15) is 6.92 Å². The van der Waals surface area contributed by atoms with Crippen molar-refractivity contribution in [2.75, 3.05) is 28.8 Å². The highest BCUT2D eigenvalue weighted by atomic mass is 32.2. The predicted molar refractivity (Wildman–Crippen MR) is 65.9 cm³/mol. The first-order valence-corrected chi connectivity index (χ1v) is 6.80. The zero-order valence-corrected chi connectivity index (χ0v) is 10.1. The normalized spacial score (nSPS) is 13.4. The molecule has 0 amide bonds. The lowest BCUT2D eigenvalue weighted by Gasteiger charge is -2.13. The van der Waals surface area contributed by atoms with Gasteiger partial charge in [-0.15, -0.1) is 0 Å². The number of hydrogen-bond acceptors (Lipinski definition) is 6. The van der Waals surface area contributed by atoms with E-state index in [1.165, 1.54) is 6.26 Å². The van der Waals surface area contributed by atoms with Gasteiger partial charge >= 0.3 is 0 Å². The number of nitrogens with zero attached hydrogens (tertiary/aromatic N) is 1. The minimum absolute atomic E-state index is 0.0406. The maximum atomic E-state index is 11.0. The number of hydrogen-bond donors (Lipinski definition) is 3. The number of pyridine rings is 1. The Balaban J connectivity index is 2.70. The summed E-state index contributed by atoms with van der Waals surface area (Å²) in [7, 11) is -3.01. The van der Waals surface area contributed by atoms with E-state index in [0.717, 1.165) is 0 Å². The van der Waals surface area contributed by atoms with Crippen molar-refractivity contribution in [1.82, 2.24) is 4.98 Å². The van der Waals surface area contributed by atoms with Crippen molar-refractivity contribution in [2.24, 2.45) is 0 Å². The van der Waals surface area contributed by atoms with Crippen molar-refractivity contribution in [3.05, 3.63) is 12.1 Å². The third-order valence-corrected chi connectivity index (χ3v) is 3.01. The van der Waals surface area contributed by atoms with Crippen molar-refractivity contribution in [3.63, 3.8) is 0 Å². The summed E-state index contributed by atoms with van der Waals surface area (Å²) in [5.41, 5.74) is 11.4. The molecular weight excluding hydrogens is 228 g/mol. The molecule has 16 heavy (non-hydrogen) atoms. The Morgan fingerprint density at radius 3 is 2.56 bits per heavy atom. The summed E-state index contributed by atoms with van der Waals surface area (Å²) >= 11 is 0. The summed E-state index contributed by atoms with van der Waals surface area (Å²) in [4.78, 5) is 3.99. The molecule has 0 aromatic carbocycles. The zero-order chi connectivity index (χ0) is 12.3. The molecule has 1 aromatic heterocycles. The minimum atomic E-state index is -3.01. The molecule has 90 valence electrons. The second-order valence-electron chi connectivity index (χ2n) is 3.81. The van der Waals surface area contributed by atoms with E-state index in [4.69, 9.17) is 11.5 Å². The molecule has 0 fully saturated rings. The number of nitrogens with two attached hydrogens (primary N) is 2. The molecule has 0 aliphatic rings. The molecule has 0 radical (unpaired) electrons. The Bertz CT molecular complexity index is 472. The van der Waals surface area contributed by atoms with Gasteiger partial charge in [-0.05, 0) is 19.1 Å². The first-order chi connectivity index (χ1) is 7.28. The molecule has 1 aromatic rings. The van der Waals surface area contributed by atoms with E-state index in [1.54, 1.807) is 19.1 Å². The molecule has 7 heteroatoms. The van der Waals surface area contributed by atoms with Gasteiger partial charge in [0.2, 0.25) is 0 Å². The minimum Gasteiger partial charge on any atom is -0.396 e. The molecule has 1 atom stereocenters. The SMILES string of the molecule is CC(CS(C)(=O)=O)Nc1ccc(N)c(N)n1. The fourth-order valence-corrected chi connectivity index (χ4v) is 2.31.